The van der Waals surface area contributed by atoms with Crippen molar-refractivity contribution >= 4 is 43.6 Å². The van der Waals surface area contributed by atoms with Gasteiger partial charge < -0.3 is 9.13 Å². The molecule has 234 valence electrons. The van der Waals surface area contributed by atoms with Crippen LogP contribution in [0.4, 0.5) is 0 Å². The lowest BCUT2D eigenvalue weighted by Gasteiger charge is -2.11. The van der Waals surface area contributed by atoms with E-state index in [1.165, 1.54) is 0 Å². The summed E-state index contributed by atoms with van der Waals surface area (Å²) in [4.78, 5) is 0. The summed E-state index contributed by atoms with van der Waals surface area (Å²) < 4.78 is 226. The summed E-state index contributed by atoms with van der Waals surface area (Å²) in [6, 6.07) is -8.41. The van der Waals surface area contributed by atoms with Crippen molar-refractivity contribution in [3.8, 4) is 44.8 Å². The largest absolute Gasteiger partial charge is 0.309 e. The molecule has 0 saturated heterocycles. The van der Waals surface area contributed by atoms with Gasteiger partial charge in [0.05, 0.1) is 56.3 Å². The van der Waals surface area contributed by atoms with E-state index in [9.17, 15) is 8.22 Å². The van der Waals surface area contributed by atoms with E-state index in [4.69, 9.17) is 26.0 Å². The van der Waals surface area contributed by atoms with E-state index < -0.39 is 183 Å². The van der Waals surface area contributed by atoms with E-state index in [-0.39, 0.29) is 56.2 Å². The molecular formula is C48H32N2. The number of para-hydroxylation sites is 2. The molecule has 8 aromatic carbocycles. The Hall–Kier alpha value is -6.64. The molecule has 2 aromatic heterocycles. The lowest BCUT2D eigenvalue weighted by molar-refractivity contribution is 1.18. The highest BCUT2D eigenvalue weighted by Crippen LogP contribution is 2.39. The summed E-state index contributed by atoms with van der Waals surface area (Å²) in [6.45, 7) is 0. The standard InChI is InChI=1S/C48H32N2/c1-3-13-33(14-4-1)35-17-11-19-39(29-35)49-45-23-9-7-21-41(45)43-31-37(25-27-47(43)49)38-26-28-48-44(32-38)42-22-8-10-24-46(42)50(48)40-20-12-18-36(30-40)34-15-5-2-6-16-34/h1-32H/i1D,2D,7D,8D,9D,10D,11D,13D,14D,15D,16D,17D,18D,19D,20D,21D,22D,23D,24D,27D,28D,29D,30D,31D,32D. The van der Waals surface area contributed by atoms with Crippen molar-refractivity contribution in [2.75, 3.05) is 0 Å². The Morgan fingerprint density at radius 2 is 0.760 bits per heavy atom. The monoisotopic (exact) mass is 661 g/mol. The van der Waals surface area contributed by atoms with Crippen LogP contribution in [0.25, 0.3) is 88.4 Å². The molecule has 2 heteroatoms. The summed E-state index contributed by atoms with van der Waals surface area (Å²) >= 11 is 0. The van der Waals surface area contributed by atoms with E-state index in [1.54, 1.807) is 0 Å². The van der Waals surface area contributed by atoms with E-state index in [1.807, 2.05) is 0 Å². The van der Waals surface area contributed by atoms with Crippen molar-refractivity contribution in [2.24, 2.45) is 0 Å². The summed E-state index contributed by atoms with van der Waals surface area (Å²) in [7, 11) is 0. The lowest BCUT2D eigenvalue weighted by Crippen LogP contribution is -1.94. The minimum absolute atomic E-state index is 0.204. The van der Waals surface area contributed by atoms with E-state index in [2.05, 4.69) is 0 Å². The van der Waals surface area contributed by atoms with Crippen LogP contribution in [0.1, 0.15) is 34.3 Å². The molecule has 0 N–H and O–H groups in total. The van der Waals surface area contributed by atoms with Gasteiger partial charge in [-0.25, -0.2) is 0 Å². The van der Waals surface area contributed by atoms with Crippen LogP contribution >= 0.6 is 0 Å². The third-order valence-corrected chi connectivity index (χ3v) is 8.15. The Kier molecular flexibility index (Phi) is 2.99. The average Bonchev–Trinajstić information content (AvgIpc) is 3.88. The second kappa shape index (κ2) is 11.5. The van der Waals surface area contributed by atoms with Gasteiger partial charge in [0.1, 0.15) is 0 Å². The zero-order chi connectivity index (χ0) is 54.8. The molecule has 2 nitrogen and oxygen atoms in total. The fourth-order valence-corrected chi connectivity index (χ4v) is 5.97. The fourth-order valence-electron chi connectivity index (χ4n) is 5.97. The number of aromatic nitrogens is 2. The van der Waals surface area contributed by atoms with E-state index in [0.717, 1.165) is 51.6 Å². The number of benzene rings is 8. The third kappa shape index (κ3) is 4.57. The van der Waals surface area contributed by atoms with Gasteiger partial charge in [-0.1, -0.05) is 133 Å². The first-order valence-electron chi connectivity index (χ1n) is 27.6. The van der Waals surface area contributed by atoms with Crippen LogP contribution in [0.15, 0.2) is 194 Å². The van der Waals surface area contributed by atoms with Crippen molar-refractivity contribution in [1.82, 2.24) is 9.13 Å². The predicted molar refractivity (Wildman–Crippen MR) is 211 cm³/mol. The summed E-state index contributed by atoms with van der Waals surface area (Å²) in [5.74, 6) is 0. The molecule has 0 aliphatic rings. The number of fused-ring (bicyclic) bond motifs is 6. The molecule has 0 spiro atoms. The smallest absolute Gasteiger partial charge is 0.0651 e. The van der Waals surface area contributed by atoms with Gasteiger partial charge in [0.2, 0.25) is 0 Å². The molecule has 50 heavy (non-hydrogen) atoms. The minimum atomic E-state index is -0.842. The van der Waals surface area contributed by atoms with Crippen LogP contribution in [-0.4, -0.2) is 9.13 Å². The van der Waals surface area contributed by atoms with Crippen LogP contribution < -0.4 is 0 Å². The van der Waals surface area contributed by atoms with Gasteiger partial charge in [0.15, 0.2) is 0 Å². The highest BCUT2D eigenvalue weighted by Gasteiger charge is 2.16. The molecule has 0 amide bonds. The molecular weight excluding hydrogens is 605 g/mol. The van der Waals surface area contributed by atoms with Gasteiger partial charge in [-0.2, -0.15) is 0 Å². The van der Waals surface area contributed by atoms with Gasteiger partial charge in [-0.05, 0) is 93.8 Å². The van der Waals surface area contributed by atoms with Gasteiger partial charge in [-0.3, -0.25) is 0 Å². The van der Waals surface area contributed by atoms with Crippen molar-refractivity contribution in [1.29, 1.82) is 0 Å². The van der Waals surface area contributed by atoms with E-state index >= 15 is 0 Å². The summed E-state index contributed by atoms with van der Waals surface area (Å²) in [5, 5.41) is -1.57. The first-order valence-corrected chi connectivity index (χ1v) is 15.1. The van der Waals surface area contributed by atoms with Gasteiger partial charge in [0.25, 0.3) is 0 Å². The first kappa shape index (κ1) is 13.0. The topological polar surface area (TPSA) is 9.86 Å². The van der Waals surface area contributed by atoms with Crippen LogP contribution in [0.3, 0.4) is 0 Å². The SMILES string of the molecule is [2H]c1cc([2H])c(-c2c([2H])cc([2H])c(-n3c4c([2H])cc(-c5cc([2H])c6c(c5[2H])c5c([2H])c([2H])c([2H])c([2H])c5n6-c5c([2H])c([2H])c([2H])c(-c6c([2H])cc([2H])cc6[2H])c5[2H])c([2H])c4c4c([2H])c([2H])c([2H])c([2H])c43)c2[2H])c([2H])c1. The maximum atomic E-state index is 9.85. The number of nitrogens with zero attached hydrogens (tertiary/aromatic N) is 2. The zero-order valence-electron chi connectivity index (χ0n) is 50.4. The molecule has 0 radical (unpaired) electrons. The van der Waals surface area contributed by atoms with Crippen LogP contribution in [0.2, 0.25) is 0 Å². The molecule has 0 aliphatic carbocycles. The zero-order valence-corrected chi connectivity index (χ0v) is 25.4. The van der Waals surface area contributed by atoms with Crippen molar-refractivity contribution in [3.05, 3.63) is 194 Å². The first-order chi connectivity index (χ1) is 35.1. The quantitative estimate of drug-likeness (QED) is 0.174. The highest BCUT2D eigenvalue weighted by molar-refractivity contribution is 6.12. The Labute approximate surface area is 325 Å². The number of hydrogen-bond donors (Lipinski definition) is 0. The molecule has 0 aliphatic heterocycles. The van der Waals surface area contributed by atoms with Crippen molar-refractivity contribution in [3.63, 3.8) is 0 Å². The Morgan fingerprint density at radius 1 is 0.300 bits per heavy atom. The van der Waals surface area contributed by atoms with Gasteiger partial charge >= 0.3 is 0 Å². The Balaban J connectivity index is 1.35. The molecule has 10 rings (SSSR count). The van der Waals surface area contributed by atoms with Gasteiger partial charge in [-0.15, -0.1) is 0 Å². The number of hydrogen-bond acceptors (Lipinski definition) is 0. The molecule has 0 saturated carbocycles. The Bertz CT molecular complexity index is 4260. The summed E-state index contributed by atoms with van der Waals surface area (Å²) in [6.07, 6.45) is 0. The molecule has 2 heterocycles. The molecule has 0 bridgehead atoms. The van der Waals surface area contributed by atoms with Crippen molar-refractivity contribution < 1.29 is 34.3 Å². The fraction of sp³-hybridized carbons (Fsp3) is 0. The minimum Gasteiger partial charge on any atom is -0.309 e. The van der Waals surface area contributed by atoms with Gasteiger partial charge in [0, 0.05) is 32.9 Å². The van der Waals surface area contributed by atoms with Crippen LogP contribution in [-0.2, 0) is 0 Å². The maximum Gasteiger partial charge on any atom is 0.0651 e. The van der Waals surface area contributed by atoms with Crippen LogP contribution in [0.5, 0.6) is 0 Å². The Morgan fingerprint density at radius 3 is 1.32 bits per heavy atom. The van der Waals surface area contributed by atoms with Crippen LogP contribution in [0, 0.1) is 0 Å². The molecule has 0 fully saturated rings. The van der Waals surface area contributed by atoms with E-state index in [0.29, 0.717) is 0 Å². The third-order valence-electron chi connectivity index (χ3n) is 8.15. The summed E-state index contributed by atoms with van der Waals surface area (Å²) in [5.41, 5.74) is -4.90. The molecule has 0 atom stereocenters. The highest BCUT2D eigenvalue weighted by atomic mass is 15.0. The lowest BCUT2D eigenvalue weighted by atomic mass is 10.0. The normalized spacial score (nSPS) is 18.6. The van der Waals surface area contributed by atoms with Crippen molar-refractivity contribution in [2.45, 2.75) is 0 Å². The second-order valence-electron chi connectivity index (χ2n) is 11.0. The number of rotatable bonds is 5. The maximum absolute atomic E-state index is 9.85. The second-order valence-corrected chi connectivity index (χ2v) is 11.0. The predicted octanol–water partition coefficient (Wildman–Crippen LogP) is 12.9. The average molecular weight is 662 g/mol. The molecule has 0 unspecified atom stereocenters. The molecule has 10 aromatic rings.